The molecule has 1 atom stereocenters. The van der Waals surface area contributed by atoms with Gasteiger partial charge in [-0.15, -0.1) is 11.3 Å². The second kappa shape index (κ2) is 6.52. The smallest absolute Gasteiger partial charge is 0.227 e. The van der Waals surface area contributed by atoms with Gasteiger partial charge in [0.2, 0.25) is 5.91 Å². The molecular weight excluding hydrogens is 270 g/mol. The highest BCUT2D eigenvalue weighted by Gasteiger charge is 2.10. The SMILES string of the molecule is CCC(C)NC(=O)Cc1nc(-c2cccc(N)c2)cs1. The van der Waals surface area contributed by atoms with E-state index in [0.29, 0.717) is 12.1 Å². The average Bonchev–Trinajstić information content (AvgIpc) is 2.87. The van der Waals surface area contributed by atoms with Crippen molar-refractivity contribution >= 4 is 22.9 Å². The first-order valence-electron chi connectivity index (χ1n) is 6.68. The number of nitrogens with zero attached hydrogens (tertiary/aromatic N) is 1. The van der Waals surface area contributed by atoms with E-state index in [1.807, 2.05) is 43.5 Å². The third-order valence-corrected chi connectivity index (χ3v) is 3.91. The van der Waals surface area contributed by atoms with E-state index in [0.717, 1.165) is 22.7 Å². The summed E-state index contributed by atoms with van der Waals surface area (Å²) in [6.45, 7) is 4.05. The Labute approximate surface area is 123 Å². The van der Waals surface area contributed by atoms with Crippen LogP contribution in [0.4, 0.5) is 5.69 Å². The van der Waals surface area contributed by atoms with Crippen molar-refractivity contribution < 1.29 is 4.79 Å². The summed E-state index contributed by atoms with van der Waals surface area (Å²) in [6, 6.07) is 7.80. The summed E-state index contributed by atoms with van der Waals surface area (Å²) in [6.07, 6.45) is 1.26. The molecule has 0 spiro atoms. The Morgan fingerprint density at radius 1 is 1.50 bits per heavy atom. The number of carbonyl (C=O) groups is 1. The number of aromatic nitrogens is 1. The monoisotopic (exact) mass is 289 g/mol. The predicted octanol–water partition coefficient (Wildman–Crippen LogP) is 2.85. The number of thiazole rings is 1. The van der Waals surface area contributed by atoms with E-state index < -0.39 is 0 Å². The Morgan fingerprint density at radius 3 is 3.00 bits per heavy atom. The number of nitrogen functional groups attached to an aromatic ring is 1. The molecule has 0 aliphatic carbocycles. The Morgan fingerprint density at radius 2 is 2.30 bits per heavy atom. The Hall–Kier alpha value is -1.88. The van der Waals surface area contributed by atoms with Crippen LogP contribution in [0.1, 0.15) is 25.3 Å². The van der Waals surface area contributed by atoms with Crippen LogP contribution in [-0.4, -0.2) is 16.9 Å². The van der Waals surface area contributed by atoms with Crippen molar-refractivity contribution in [3.63, 3.8) is 0 Å². The topological polar surface area (TPSA) is 68.0 Å². The van der Waals surface area contributed by atoms with Crippen LogP contribution in [0, 0.1) is 0 Å². The molecule has 1 unspecified atom stereocenters. The molecule has 3 N–H and O–H groups in total. The molecule has 106 valence electrons. The van der Waals surface area contributed by atoms with E-state index in [1.54, 1.807) is 0 Å². The van der Waals surface area contributed by atoms with Crippen LogP contribution in [0.5, 0.6) is 0 Å². The third-order valence-electron chi connectivity index (χ3n) is 3.07. The minimum absolute atomic E-state index is 0.0211. The van der Waals surface area contributed by atoms with Gasteiger partial charge in [-0.25, -0.2) is 4.98 Å². The summed E-state index contributed by atoms with van der Waals surface area (Å²) < 4.78 is 0. The highest BCUT2D eigenvalue weighted by molar-refractivity contribution is 7.10. The van der Waals surface area contributed by atoms with Crippen molar-refractivity contribution in [3.8, 4) is 11.3 Å². The summed E-state index contributed by atoms with van der Waals surface area (Å²) >= 11 is 1.50. The first kappa shape index (κ1) is 14.5. The molecule has 1 amide bonds. The Balaban J connectivity index is 2.04. The second-order valence-corrected chi connectivity index (χ2v) is 5.75. The summed E-state index contributed by atoms with van der Waals surface area (Å²) in [5.74, 6) is 0.0211. The van der Waals surface area contributed by atoms with Crippen LogP contribution < -0.4 is 11.1 Å². The number of carbonyl (C=O) groups excluding carboxylic acids is 1. The number of rotatable bonds is 5. The van der Waals surface area contributed by atoms with Crippen LogP contribution in [-0.2, 0) is 11.2 Å². The van der Waals surface area contributed by atoms with Crippen molar-refractivity contribution in [2.24, 2.45) is 0 Å². The number of hydrogen-bond acceptors (Lipinski definition) is 4. The van der Waals surface area contributed by atoms with Gasteiger partial charge in [0.05, 0.1) is 12.1 Å². The lowest BCUT2D eigenvalue weighted by Crippen LogP contribution is -2.33. The number of nitrogens with one attached hydrogen (secondary N) is 1. The minimum atomic E-state index is 0.0211. The van der Waals surface area contributed by atoms with Crippen molar-refractivity contribution in [1.82, 2.24) is 10.3 Å². The zero-order valence-corrected chi connectivity index (χ0v) is 12.5. The molecule has 0 aliphatic rings. The molecule has 1 heterocycles. The third kappa shape index (κ3) is 3.81. The summed E-state index contributed by atoms with van der Waals surface area (Å²) in [7, 11) is 0. The molecule has 0 bridgehead atoms. The van der Waals surface area contributed by atoms with Crippen molar-refractivity contribution in [2.45, 2.75) is 32.7 Å². The number of amides is 1. The van der Waals surface area contributed by atoms with Crippen LogP contribution in [0.15, 0.2) is 29.6 Å². The zero-order valence-electron chi connectivity index (χ0n) is 11.7. The highest BCUT2D eigenvalue weighted by Crippen LogP contribution is 2.23. The molecule has 2 aromatic rings. The first-order chi connectivity index (χ1) is 9.58. The molecule has 0 saturated carbocycles. The first-order valence-corrected chi connectivity index (χ1v) is 7.56. The van der Waals surface area contributed by atoms with Crippen molar-refractivity contribution in [2.75, 3.05) is 5.73 Å². The van der Waals surface area contributed by atoms with E-state index in [4.69, 9.17) is 5.73 Å². The maximum Gasteiger partial charge on any atom is 0.227 e. The standard InChI is InChI=1S/C15H19N3OS/c1-3-10(2)17-14(19)8-15-18-13(9-20-15)11-5-4-6-12(16)7-11/h4-7,9-10H,3,8,16H2,1-2H3,(H,17,19). The van der Waals surface area contributed by atoms with E-state index >= 15 is 0 Å². The van der Waals surface area contributed by atoms with Gasteiger partial charge in [-0.05, 0) is 25.5 Å². The molecule has 4 nitrogen and oxygen atoms in total. The lowest BCUT2D eigenvalue weighted by molar-refractivity contribution is -0.121. The van der Waals surface area contributed by atoms with Gasteiger partial charge in [-0.2, -0.15) is 0 Å². The van der Waals surface area contributed by atoms with E-state index in [9.17, 15) is 4.79 Å². The number of hydrogen-bond donors (Lipinski definition) is 2. The molecule has 0 radical (unpaired) electrons. The molecule has 1 aromatic heterocycles. The van der Waals surface area contributed by atoms with Gasteiger partial charge in [0, 0.05) is 22.7 Å². The minimum Gasteiger partial charge on any atom is -0.399 e. The Bertz CT molecular complexity index is 594. The fourth-order valence-electron chi connectivity index (χ4n) is 1.79. The van der Waals surface area contributed by atoms with E-state index in [2.05, 4.69) is 10.3 Å². The van der Waals surface area contributed by atoms with Gasteiger partial charge in [-0.3, -0.25) is 4.79 Å². The van der Waals surface area contributed by atoms with Crippen molar-refractivity contribution in [3.05, 3.63) is 34.7 Å². The largest absolute Gasteiger partial charge is 0.399 e. The van der Waals surface area contributed by atoms with Gasteiger partial charge < -0.3 is 11.1 Å². The van der Waals surface area contributed by atoms with Crippen molar-refractivity contribution in [1.29, 1.82) is 0 Å². The predicted molar refractivity (Wildman–Crippen MR) is 83.6 cm³/mol. The maximum absolute atomic E-state index is 11.8. The van der Waals surface area contributed by atoms with E-state index in [-0.39, 0.29) is 11.9 Å². The van der Waals surface area contributed by atoms with Crippen LogP contribution in [0.3, 0.4) is 0 Å². The lowest BCUT2D eigenvalue weighted by Gasteiger charge is -2.09. The molecule has 0 aliphatic heterocycles. The summed E-state index contributed by atoms with van der Waals surface area (Å²) in [5, 5.41) is 5.73. The van der Waals surface area contributed by atoms with Gasteiger partial charge in [0.25, 0.3) is 0 Å². The molecule has 2 rings (SSSR count). The van der Waals surface area contributed by atoms with Gasteiger partial charge in [0.15, 0.2) is 0 Å². The normalized spacial score (nSPS) is 12.1. The summed E-state index contributed by atoms with van der Waals surface area (Å²) in [5.41, 5.74) is 8.33. The average molecular weight is 289 g/mol. The highest BCUT2D eigenvalue weighted by atomic mass is 32.1. The fraction of sp³-hybridized carbons (Fsp3) is 0.333. The van der Waals surface area contributed by atoms with Crippen LogP contribution in [0.2, 0.25) is 0 Å². The second-order valence-electron chi connectivity index (χ2n) is 4.81. The molecule has 1 aromatic carbocycles. The fourth-order valence-corrected chi connectivity index (χ4v) is 2.59. The van der Waals surface area contributed by atoms with Gasteiger partial charge >= 0.3 is 0 Å². The van der Waals surface area contributed by atoms with Crippen LogP contribution in [0.25, 0.3) is 11.3 Å². The summed E-state index contributed by atoms with van der Waals surface area (Å²) in [4.78, 5) is 16.3. The number of benzene rings is 1. The molecule has 20 heavy (non-hydrogen) atoms. The molecular formula is C15H19N3OS. The van der Waals surface area contributed by atoms with Crippen LogP contribution >= 0.6 is 11.3 Å². The molecule has 0 saturated heterocycles. The zero-order chi connectivity index (χ0) is 14.5. The molecule has 0 fully saturated rings. The molecule has 5 heteroatoms. The number of nitrogens with two attached hydrogens (primary N) is 1. The number of anilines is 1. The van der Waals surface area contributed by atoms with Gasteiger partial charge in [0.1, 0.15) is 5.01 Å². The Kier molecular flexibility index (Phi) is 4.74. The maximum atomic E-state index is 11.8. The lowest BCUT2D eigenvalue weighted by atomic mass is 10.1. The van der Waals surface area contributed by atoms with Gasteiger partial charge in [-0.1, -0.05) is 19.1 Å². The quantitative estimate of drug-likeness (QED) is 0.832. The van der Waals surface area contributed by atoms with E-state index in [1.165, 1.54) is 11.3 Å².